The Morgan fingerprint density at radius 1 is 1.33 bits per heavy atom. The summed E-state index contributed by atoms with van der Waals surface area (Å²) < 4.78 is 5.18. The zero-order valence-electron chi connectivity index (χ0n) is 9.45. The van der Waals surface area contributed by atoms with Crippen molar-refractivity contribution in [3.05, 3.63) is 0 Å². The lowest BCUT2D eigenvalue weighted by molar-refractivity contribution is -0.185. The summed E-state index contributed by atoms with van der Waals surface area (Å²) in [5.41, 5.74) is -2.13. The van der Waals surface area contributed by atoms with Crippen LogP contribution in [-0.4, -0.2) is 35.0 Å². The van der Waals surface area contributed by atoms with Gasteiger partial charge in [0, 0.05) is 26.1 Å². The lowest BCUT2D eigenvalue weighted by atomic mass is 9.64. The Morgan fingerprint density at radius 2 is 1.80 bits per heavy atom. The van der Waals surface area contributed by atoms with Gasteiger partial charge in [-0.25, -0.2) is 0 Å². The van der Waals surface area contributed by atoms with Crippen molar-refractivity contribution in [2.45, 2.75) is 45.1 Å². The minimum absolute atomic E-state index is 0.418. The van der Waals surface area contributed by atoms with E-state index in [1.807, 2.05) is 13.8 Å². The van der Waals surface area contributed by atoms with Gasteiger partial charge in [0.15, 0.2) is 0 Å². The summed E-state index contributed by atoms with van der Waals surface area (Å²) in [5, 5.41) is 19.8. The van der Waals surface area contributed by atoms with E-state index < -0.39 is 17.0 Å². The second-order valence-corrected chi connectivity index (χ2v) is 4.24. The summed E-state index contributed by atoms with van der Waals surface area (Å²) in [7, 11) is 0. The lowest BCUT2D eigenvalue weighted by Gasteiger charge is -2.45. The molecule has 1 aliphatic rings. The van der Waals surface area contributed by atoms with Crippen molar-refractivity contribution in [3.8, 4) is 0 Å². The van der Waals surface area contributed by atoms with E-state index in [0.717, 1.165) is 0 Å². The van der Waals surface area contributed by atoms with Gasteiger partial charge >= 0.3 is 5.97 Å². The first kappa shape index (κ1) is 12.5. The van der Waals surface area contributed by atoms with Gasteiger partial charge in [-0.15, -0.1) is 0 Å². The van der Waals surface area contributed by atoms with Gasteiger partial charge < -0.3 is 14.9 Å². The third-order valence-electron chi connectivity index (χ3n) is 3.83. The lowest BCUT2D eigenvalue weighted by Crippen LogP contribution is -2.55. The monoisotopic (exact) mass is 216 g/mol. The summed E-state index contributed by atoms with van der Waals surface area (Å²) >= 11 is 0. The van der Waals surface area contributed by atoms with Crippen molar-refractivity contribution < 1.29 is 19.7 Å². The Bertz CT molecular complexity index is 227. The molecule has 1 heterocycles. The number of rotatable bonds is 4. The maximum Gasteiger partial charge on any atom is 0.312 e. The molecule has 0 bridgehead atoms. The number of hydrogen-bond donors (Lipinski definition) is 2. The summed E-state index contributed by atoms with van der Waals surface area (Å²) in [4.78, 5) is 11.4. The number of carboxylic acids is 1. The molecular weight excluding hydrogens is 196 g/mol. The average Bonchev–Trinajstić information content (AvgIpc) is 2.20. The van der Waals surface area contributed by atoms with E-state index in [1.165, 1.54) is 0 Å². The highest BCUT2D eigenvalue weighted by Gasteiger charge is 2.53. The van der Waals surface area contributed by atoms with Gasteiger partial charge in [0.25, 0.3) is 0 Å². The van der Waals surface area contributed by atoms with Crippen LogP contribution >= 0.6 is 0 Å². The smallest absolute Gasteiger partial charge is 0.312 e. The predicted octanol–water partition coefficient (Wildman–Crippen LogP) is 1.42. The summed E-state index contributed by atoms with van der Waals surface area (Å²) in [6, 6.07) is 0. The molecule has 4 nitrogen and oxygen atoms in total. The Balaban J connectivity index is 3.00. The topological polar surface area (TPSA) is 66.8 Å². The Morgan fingerprint density at radius 3 is 2.13 bits per heavy atom. The summed E-state index contributed by atoms with van der Waals surface area (Å²) in [6.07, 6.45) is 1.74. The molecule has 1 fully saturated rings. The number of aliphatic carboxylic acids is 1. The van der Waals surface area contributed by atoms with Crippen LogP contribution in [0.25, 0.3) is 0 Å². The fourth-order valence-electron chi connectivity index (χ4n) is 2.60. The SMILES string of the molecule is CCC(CC)(C(=O)O)C1(O)CCOCC1. The van der Waals surface area contributed by atoms with E-state index in [-0.39, 0.29) is 0 Å². The summed E-state index contributed by atoms with van der Waals surface area (Å²) in [6.45, 7) is 4.55. The largest absolute Gasteiger partial charge is 0.481 e. The minimum atomic E-state index is -1.11. The highest BCUT2D eigenvalue weighted by atomic mass is 16.5. The molecule has 1 aliphatic heterocycles. The molecule has 0 saturated carbocycles. The number of ether oxygens (including phenoxy) is 1. The van der Waals surface area contributed by atoms with Gasteiger partial charge in [0.2, 0.25) is 0 Å². The van der Waals surface area contributed by atoms with Crippen molar-refractivity contribution in [2.24, 2.45) is 5.41 Å². The Labute approximate surface area is 90.2 Å². The second-order valence-electron chi connectivity index (χ2n) is 4.24. The van der Waals surface area contributed by atoms with Gasteiger partial charge in [-0.05, 0) is 12.8 Å². The first-order valence-corrected chi connectivity index (χ1v) is 5.56. The van der Waals surface area contributed by atoms with Crippen LogP contribution in [0.4, 0.5) is 0 Å². The van der Waals surface area contributed by atoms with Crippen LogP contribution in [0.15, 0.2) is 0 Å². The number of carboxylic acid groups (broad SMARTS) is 1. The average molecular weight is 216 g/mol. The van der Waals surface area contributed by atoms with Gasteiger partial charge in [-0.3, -0.25) is 4.79 Å². The fourth-order valence-corrected chi connectivity index (χ4v) is 2.60. The van der Waals surface area contributed by atoms with Gasteiger partial charge in [0.1, 0.15) is 0 Å². The summed E-state index contributed by atoms with van der Waals surface area (Å²) in [5.74, 6) is -0.892. The third kappa shape index (κ3) is 1.88. The quantitative estimate of drug-likeness (QED) is 0.745. The van der Waals surface area contributed by atoms with Gasteiger partial charge in [0.05, 0.1) is 11.0 Å². The van der Waals surface area contributed by atoms with Crippen molar-refractivity contribution in [2.75, 3.05) is 13.2 Å². The Kier molecular flexibility index (Phi) is 3.73. The first-order valence-electron chi connectivity index (χ1n) is 5.56. The number of hydrogen-bond acceptors (Lipinski definition) is 3. The zero-order chi connectivity index (χ0) is 11.5. The van der Waals surface area contributed by atoms with Gasteiger partial charge in [-0.2, -0.15) is 0 Å². The highest BCUT2D eigenvalue weighted by Crippen LogP contribution is 2.44. The molecular formula is C11H20O4. The molecule has 88 valence electrons. The molecule has 0 aromatic carbocycles. The highest BCUT2D eigenvalue weighted by molar-refractivity contribution is 5.76. The molecule has 2 N–H and O–H groups in total. The minimum Gasteiger partial charge on any atom is -0.481 e. The van der Waals surface area contributed by atoms with E-state index in [0.29, 0.717) is 38.9 Å². The molecule has 0 atom stereocenters. The van der Waals surface area contributed by atoms with Crippen LogP contribution in [0.3, 0.4) is 0 Å². The standard InChI is InChI=1S/C11H20O4/c1-3-10(4-2,9(12)13)11(14)5-7-15-8-6-11/h14H,3-8H2,1-2H3,(H,12,13). The molecule has 0 unspecified atom stereocenters. The molecule has 0 aromatic heterocycles. The molecule has 1 saturated heterocycles. The van der Waals surface area contributed by atoms with E-state index >= 15 is 0 Å². The molecule has 4 heteroatoms. The first-order chi connectivity index (χ1) is 7.02. The zero-order valence-corrected chi connectivity index (χ0v) is 9.45. The van der Waals surface area contributed by atoms with E-state index in [1.54, 1.807) is 0 Å². The maximum atomic E-state index is 11.4. The van der Waals surface area contributed by atoms with E-state index in [2.05, 4.69) is 0 Å². The van der Waals surface area contributed by atoms with Crippen molar-refractivity contribution in [1.82, 2.24) is 0 Å². The van der Waals surface area contributed by atoms with E-state index in [9.17, 15) is 15.0 Å². The third-order valence-corrected chi connectivity index (χ3v) is 3.83. The van der Waals surface area contributed by atoms with Crippen LogP contribution in [0.1, 0.15) is 39.5 Å². The van der Waals surface area contributed by atoms with Crippen LogP contribution in [0, 0.1) is 5.41 Å². The van der Waals surface area contributed by atoms with Crippen molar-refractivity contribution >= 4 is 5.97 Å². The molecule has 0 spiro atoms. The molecule has 0 amide bonds. The van der Waals surface area contributed by atoms with E-state index in [4.69, 9.17) is 4.74 Å². The van der Waals surface area contributed by atoms with Crippen LogP contribution in [0.5, 0.6) is 0 Å². The molecule has 0 radical (unpaired) electrons. The normalized spacial score (nSPS) is 21.3. The fraction of sp³-hybridized carbons (Fsp3) is 0.909. The Hall–Kier alpha value is -0.610. The molecule has 15 heavy (non-hydrogen) atoms. The number of carbonyl (C=O) groups is 1. The maximum absolute atomic E-state index is 11.4. The van der Waals surface area contributed by atoms with Crippen LogP contribution < -0.4 is 0 Å². The molecule has 0 aromatic rings. The van der Waals surface area contributed by atoms with Crippen LogP contribution in [0.2, 0.25) is 0 Å². The second kappa shape index (κ2) is 4.49. The predicted molar refractivity (Wildman–Crippen MR) is 55.7 cm³/mol. The van der Waals surface area contributed by atoms with Crippen molar-refractivity contribution in [3.63, 3.8) is 0 Å². The van der Waals surface area contributed by atoms with Gasteiger partial charge in [-0.1, -0.05) is 13.8 Å². The molecule has 1 rings (SSSR count). The molecule has 0 aliphatic carbocycles. The number of aliphatic hydroxyl groups is 1. The van der Waals surface area contributed by atoms with Crippen LogP contribution in [-0.2, 0) is 9.53 Å². The van der Waals surface area contributed by atoms with Crippen molar-refractivity contribution in [1.29, 1.82) is 0 Å².